The first-order valence-electron chi connectivity index (χ1n) is 22.7. The van der Waals surface area contributed by atoms with Crippen LogP contribution >= 0.6 is 23.5 Å². The molecule has 67 heavy (non-hydrogen) atoms. The van der Waals surface area contributed by atoms with Crippen LogP contribution in [0.4, 0.5) is 11.4 Å². The fourth-order valence-corrected chi connectivity index (χ4v) is 10.3. The second kappa shape index (κ2) is 20.6. The Hall–Kier alpha value is -6.39. The van der Waals surface area contributed by atoms with Crippen LogP contribution in [0.25, 0.3) is 27.9 Å². The van der Waals surface area contributed by atoms with E-state index < -0.39 is 0 Å². The van der Waals surface area contributed by atoms with E-state index in [2.05, 4.69) is 96.1 Å². The van der Waals surface area contributed by atoms with Gasteiger partial charge in [0.15, 0.2) is 10.3 Å². The molecule has 15 heteroatoms. The number of hydrogen-bond donors (Lipinski definition) is 2. The lowest BCUT2D eigenvalue weighted by atomic mass is 10.1. The fourth-order valence-electron chi connectivity index (χ4n) is 8.72. The first kappa shape index (κ1) is 44.4. The van der Waals surface area contributed by atoms with E-state index in [4.69, 9.17) is 14.5 Å². The first-order valence-corrected chi connectivity index (χ1v) is 24.5. The Kier molecular flexibility index (Phi) is 13.7. The Bertz CT molecular complexity index is 2870. The van der Waals surface area contributed by atoms with E-state index in [1.54, 1.807) is 6.07 Å². The van der Waals surface area contributed by atoms with Crippen LogP contribution in [0, 0.1) is 0 Å². The number of morpholine rings is 2. The molecular formula is C52H50N8O5S2. The third kappa shape index (κ3) is 10.9. The summed E-state index contributed by atoms with van der Waals surface area (Å²) in [5, 5.41) is 9.33. The SMILES string of the molecule is O=C1CSC(=N[C@H]2C[C@@H]2c2ccccc2)N1.O=C1NC(=N[C@H]2C[C@@H]2c2ccccc2)S/C1=C\c1ccc2nccc(N3CCOCC3)c2c1.O=Cc1ccc2nccc(N3CCOCC3)c2c1. The van der Waals surface area contributed by atoms with E-state index in [1.807, 2.05) is 60.9 Å². The molecule has 4 atom stereocenters. The number of amidine groups is 2. The number of hydrogen-bond acceptors (Lipinski definition) is 13. The zero-order chi connectivity index (χ0) is 45.5. The minimum Gasteiger partial charge on any atom is -0.378 e. The summed E-state index contributed by atoms with van der Waals surface area (Å²) in [5.41, 5.74) is 8.51. The number of ether oxygens (including phenoxy) is 2. The summed E-state index contributed by atoms with van der Waals surface area (Å²) in [4.78, 5) is 58.0. The number of nitrogens with zero attached hydrogens (tertiary/aromatic N) is 6. The molecule has 6 aliphatic rings. The summed E-state index contributed by atoms with van der Waals surface area (Å²) in [6, 6.07) is 37.3. The van der Waals surface area contributed by atoms with Crippen LogP contribution in [0.5, 0.6) is 0 Å². The van der Waals surface area contributed by atoms with E-state index >= 15 is 0 Å². The molecule has 6 aromatic rings. The Morgan fingerprint density at radius 2 is 1.15 bits per heavy atom. The van der Waals surface area contributed by atoms with Crippen molar-refractivity contribution in [2.75, 3.05) is 68.2 Å². The molecule has 6 fully saturated rings. The molecule has 2 N–H and O–H groups in total. The standard InChI is InChI=1S/C26H24N4O2S.C14H14N2O2.C12H12N2OS/c31-25-24(33-26(29-25)28-22-16-19(22)18-4-2-1-3-5-18)15-17-6-7-21-20(14-17)23(8-9-27-21)30-10-12-32-13-11-30;17-10-11-1-2-13-12(9-11)14(3-4-15-13)16-5-7-18-8-6-16;15-11-7-16-12(14-11)13-10-6-9(10)8-4-2-1-3-5-8/h1-9,14-15,19,22H,10-13,16H2,(H,28,29,31);1-4,9-10H,5-8H2;1-5,9-10H,6-7H2,(H,13,14,15)/b24-15-;;/t19-,22+;;9-,10+/m1.1/s1. The third-order valence-electron chi connectivity index (χ3n) is 12.4. The monoisotopic (exact) mass is 930 g/mol. The summed E-state index contributed by atoms with van der Waals surface area (Å²) in [5.74, 6) is 1.50. The van der Waals surface area contributed by atoms with Crippen LogP contribution < -0.4 is 20.4 Å². The van der Waals surface area contributed by atoms with Crippen molar-refractivity contribution < 1.29 is 23.9 Å². The van der Waals surface area contributed by atoms with Gasteiger partial charge in [-0.25, -0.2) is 0 Å². The molecule has 2 aromatic heterocycles. The van der Waals surface area contributed by atoms with Gasteiger partial charge >= 0.3 is 0 Å². The van der Waals surface area contributed by atoms with Gasteiger partial charge in [-0.3, -0.25) is 34.3 Å². The maximum absolute atomic E-state index is 12.6. The van der Waals surface area contributed by atoms with Crippen LogP contribution in [-0.2, 0) is 19.1 Å². The van der Waals surface area contributed by atoms with E-state index in [0.29, 0.717) is 39.3 Å². The van der Waals surface area contributed by atoms with Gasteiger partial charge in [0.2, 0.25) is 5.91 Å². The Morgan fingerprint density at radius 1 is 0.627 bits per heavy atom. The maximum atomic E-state index is 12.6. The van der Waals surface area contributed by atoms with Crippen LogP contribution in [-0.4, -0.2) is 109 Å². The zero-order valence-electron chi connectivity index (χ0n) is 36.8. The minimum absolute atomic E-state index is 0.0701. The summed E-state index contributed by atoms with van der Waals surface area (Å²) in [6.07, 6.45) is 8.62. The molecule has 0 unspecified atom stereocenters. The summed E-state index contributed by atoms with van der Waals surface area (Å²) < 4.78 is 10.9. The Labute approximate surface area is 397 Å². The van der Waals surface area contributed by atoms with Gasteiger partial charge in [0, 0.05) is 78.1 Å². The zero-order valence-corrected chi connectivity index (χ0v) is 38.5. The average molecular weight is 931 g/mol. The summed E-state index contributed by atoms with van der Waals surface area (Å²) in [7, 11) is 0. The van der Waals surface area contributed by atoms with E-state index in [9.17, 15) is 14.4 Å². The number of aromatic nitrogens is 2. The number of carbonyl (C=O) groups excluding carboxylic acids is 3. The molecule has 0 spiro atoms. The molecule has 2 aliphatic carbocycles. The number of aliphatic imine (C=N–C) groups is 2. The van der Waals surface area contributed by atoms with Gasteiger partial charge in [-0.15, -0.1) is 0 Å². The molecule has 4 aliphatic heterocycles. The minimum atomic E-state index is -0.0876. The Morgan fingerprint density at radius 3 is 1.67 bits per heavy atom. The number of rotatable bonds is 8. The van der Waals surface area contributed by atoms with Gasteiger partial charge in [-0.2, -0.15) is 0 Å². The van der Waals surface area contributed by atoms with Crippen molar-refractivity contribution in [3.8, 4) is 0 Å². The van der Waals surface area contributed by atoms with Crippen molar-refractivity contribution in [3.05, 3.63) is 149 Å². The lowest BCUT2D eigenvalue weighted by Crippen LogP contribution is -2.36. The molecule has 0 radical (unpaired) electrons. The second-order valence-electron chi connectivity index (χ2n) is 16.9. The van der Waals surface area contributed by atoms with Crippen molar-refractivity contribution in [3.63, 3.8) is 0 Å². The molecule has 4 aromatic carbocycles. The molecule has 2 saturated carbocycles. The highest BCUT2D eigenvalue weighted by atomic mass is 32.2. The number of carbonyl (C=O) groups is 3. The van der Waals surface area contributed by atoms with E-state index in [1.165, 1.54) is 34.7 Å². The summed E-state index contributed by atoms with van der Waals surface area (Å²) in [6.45, 7) is 6.46. The summed E-state index contributed by atoms with van der Waals surface area (Å²) >= 11 is 2.93. The topological polar surface area (TPSA) is 151 Å². The number of anilines is 2. The van der Waals surface area contributed by atoms with Crippen molar-refractivity contribution >= 4 is 91.2 Å². The smallest absolute Gasteiger partial charge is 0.264 e. The van der Waals surface area contributed by atoms with Gasteiger partial charge in [-0.05, 0) is 89.8 Å². The maximum Gasteiger partial charge on any atom is 0.264 e. The number of amides is 2. The average Bonchev–Trinajstić information content (AvgIpc) is 4.26. The molecule has 2 amide bonds. The van der Waals surface area contributed by atoms with E-state index in [-0.39, 0.29) is 17.9 Å². The number of nitrogens with one attached hydrogen (secondary N) is 2. The normalized spacial score (nSPS) is 23.9. The van der Waals surface area contributed by atoms with Crippen LogP contribution in [0.3, 0.4) is 0 Å². The molecule has 12 rings (SSSR count). The molecule has 340 valence electrons. The highest BCUT2D eigenvalue weighted by molar-refractivity contribution is 8.18. The van der Waals surface area contributed by atoms with Gasteiger partial charge < -0.3 is 29.9 Å². The Balaban J connectivity index is 0.000000130. The first-order chi connectivity index (χ1) is 33.0. The third-order valence-corrected chi connectivity index (χ3v) is 14.2. The van der Waals surface area contributed by atoms with Gasteiger partial charge in [0.25, 0.3) is 5.91 Å². The predicted molar refractivity (Wildman–Crippen MR) is 269 cm³/mol. The molecular weight excluding hydrogens is 881 g/mol. The highest BCUT2D eigenvalue weighted by Crippen LogP contribution is 2.45. The number of thioether (sulfide) groups is 2. The van der Waals surface area contributed by atoms with Gasteiger partial charge in [0.05, 0.1) is 60.2 Å². The van der Waals surface area contributed by atoms with Gasteiger partial charge in [-0.1, -0.05) is 78.5 Å². The van der Waals surface area contributed by atoms with Crippen molar-refractivity contribution in [1.82, 2.24) is 20.6 Å². The molecule has 13 nitrogen and oxygen atoms in total. The van der Waals surface area contributed by atoms with Crippen molar-refractivity contribution in [2.45, 2.75) is 36.8 Å². The number of fused-ring (bicyclic) bond motifs is 2. The van der Waals surface area contributed by atoms with Crippen LogP contribution in [0.2, 0.25) is 0 Å². The lowest BCUT2D eigenvalue weighted by Gasteiger charge is -2.29. The number of aldehydes is 1. The largest absolute Gasteiger partial charge is 0.378 e. The van der Waals surface area contributed by atoms with Crippen molar-refractivity contribution in [1.29, 1.82) is 0 Å². The molecule has 6 heterocycles. The predicted octanol–water partition coefficient (Wildman–Crippen LogP) is 7.83. The molecule has 4 saturated heterocycles. The second-order valence-corrected chi connectivity index (χ2v) is 18.9. The number of pyridine rings is 2. The van der Waals surface area contributed by atoms with Gasteiger partial charge in [0.1, 0.15) is 6.29 Å². The quantitative estimate of drug-likeness (QED) is 0.114. The highest BCUT2D eigenvalue weighted by Gasteiger charge is 2.40. The van der Waals surface area contributed by atoms with E-state index in [0.717, 1.165) is 116 Å². The van der Waals surface area contributed by atoms with Crippen LogP contribution in [0.15, 0.2) is 136 Å². The lowest BCUT2D eigenvalue weighted by molar-refractivity contribution is -0.117. The molecule has 0 bridgehead atoms. The van der Waals surface area contributed by atoms with Crippen LogP contribution in [0.1, 0.15) is 51.7 Å². The van der Waals surface area contributed by atoms with Crippen molar-refractivity contribution in [2.24, 2.45) is 9.98 Å². The number of benzene rings is 4. The fraction of sp³-hybridized carbons (Fsp3) is 0.288.